The summed E-state index contributed by atoms with van der Waals surface area (Å²) in [7, 11) is 1.33. The summed E-state index contributed by atoms with van der Waals surface area (Å²) in [5, 5.41) is 2.58. The summed E-state index contributed by atoms with van der Waals surface area (Å²) in [6.07, 6.45) is 0. The molecule has 1 unspecified atom stereocenters. The van der Waals surface area contributed by atoms with Gasteiger partial charge in [-0.05, 0) is 25.1 Å². The molecule has 1 atom stereocenters. The van der Waals surface area contributed by atoms with Crippen LogP contribution in [-0.4, -0.2) is 24.0 Å². The second-order valence-electron chi connectivity index (χ2n) is 3.45. The van der Waals surface area contributed by atoms with Gasteiger partial charge in [-0.1, -0.05) is 12.2 Å². The number of methoxy groups -OCH3 is 1. The third-order valence-corrected chi connectivity index (χ3v) is 2.54. The number of hydrogen-bond donors (Lipinski definition) is 2. The van der Waals surface area contributed by atoms with E-state index in [-0.39, 0.29) is 22.2 Å². The number of carbonyl (C=O) groups excluding carboxylic acids is 1. The molecule has 0 saturated heterocycles. The van der Waals surface area contributed by atoms with Gasteiger partial charge in [-0.15, -0.1) is 0 Å². The first-order valence-corrected chi connectivity index (χ1v) is 5.30. The Bertz CT molecular complexity index is 451. The van der Waals surface area contributed by atoms with E-state index in [9.17, 15) is 9.18 Å². The molecule has 0 aromatic heterocycles. The first-order valence-electron chi connectivity index (χ1n) is 4.89. The Morgan fingerprint density at radius 3 is 2.76 bits per heavy atom. The summed E-state index contributed by atoms with van der Waals surface area (Å²) in [5.74, 6) is -0.893. The highest BCUT2D eigenvalue weighted by Gasteiger charge is 2.13. The maximum atomic E-state index is 13.1. The first-order chi connectivity index (χ1) is 7.95. The minimum absolute atomic E-state index is 0.0145. The summed E-state index contributed by atoms with van der Waals surface area (Å²) < 4.78 is 17.9. The fourth-order valence-corrected chi connectivity index (χ4v) is 1.21. The maximum Gasteiger partial charge on any atom is 0.251 e. The van der Waals surface area contributed by atoms with Crippen molar-refractivity contribution >= 4 is 23.1 Å². The number of nitrogens with two attached hydrogens (primary N) is 1. The molecule has 0 bridgehead atoms. The van der Waals surface area contributed by atoms with Gasteiger partial charge in [0.15, 0.2) is 11.6 Å². The van der Waals surface area contributed by atoms with Crippen LogP contribution in [0, 0.1) is 5.82 Å². The molecule has 0 aliphatic carbocycles. The van der Waals surface area contributed by atoms with Crippen molar-refractivity contribution in [2.45, 2.75) is 13.0 Å². The Labute approximate surface area is 104 Å². The van der Waals surface area contributed by atoms with Crippen LogP contribution in [0.3, 0.4) is 0 Å². The molecular weight excluding hydrogens is 243 g/mol. The molecule has 0 aliphatic rings. The lowest BCUT2D eigenvalue weighted by molar-refractivity contribution is 0.0949. The topological polar surface area (TPSA) is 64.3 Å². The molecule has 0 saturated carbocycles. The van der Waals surface area contributed by atoms with Gasteiger partial charge in [-0.2, -0.15) is 0 Å². The highest BCUT2D eigenvalue weighted by Crippen LogP contribution is 2.18. The molecule has 92 valence electrons. The van der Waals surface area contributed by atoms with E-state index >= 15 is 0 Å². The molecule has 1 aromatic rings. The van der Waals surface area contributed by atoms with E-state index < -0.39 is 11.9 Å². The molecule has 4 nitrogen and oxygen atoms in total. The molecule has 0 radical (unpaired) electrons. The van der Waals surface area contributed by atoms with E-state index in [0.717, 1.165) is 0 Å². The summed E-state index contributed by atoms with van der Waals surface area (Å²) >= 11 is 4.73. The van der Waals surface area contributed by atoms with E-state index in [0.29, 0.717) is 0 Å². The van der Waals surface area contributed by atoms with Crippen molar-refractivity contribution in [3.8, 4) is 5.75 Å². The molecule has 0 heterocycles. The molecule has 1 aromatic carbocycles. The molecule has 0 fully saturated rings. The molecule has 6 heteroatoms. The van der Waals surface area contributed by atoms with Crippen LogP contribution in [0.25, 0.3) is 0 Å². The van der Waals surface area contributed by atoms with Gasteiger partial charge in [-0.25, -0.2) is 4.39 Å². The molecule has 1 rings (SSSR count). The number of ether oxygens (including phenoxy) is 1. The van der Waals surface area contributed by atoms with Gasteiger partial charge in [0.05, 0.1) is 18.1 Å². The predicted molar refractivity (Wildman–Crippen MR) is 66.7 cm³/mol. The molecular formula is C11H13FN2O2S. The summed E-state index contributed by atoms with van der Waals surface area (Å²) in [6, 6.07) is 3.42. The van der Waals surface area contributed by atoms with Gasteiger partial charge >= 0.3 is 0 Å². The monoisotopic (exact) mass is 256 g/mol. The van der Waals surface area contributed by atoms with Gasteiger partial charge in [0.2, 0.25) is 0 Å². The smallest absolute Gasteiger partial charge is 0.251 e. The minimum Gasteiger partial charge on any atom is -0.494 e. The number of rotatable bonds is 4. The van der Waals surface area contributed by atoms with Crippen molar-refractivity contribution in [3.05, 3.63) is 29.6 Å². The molecule has 0 aliphatic heterocycles. The molecule has 17 heavy (non-hydrogen) atoms. The average molecular weight is 256 g/mol. The Morgan fingerprint density at radius 2 is 2.24 bits per heavy atom. The van der Waals surface area contributed by atoms with Crippen LogP contribution in [-0.2, 0) is 0 Å². The number of hydrogen-bond acceptors (Lipinski definition) is 3. The number of halogens is 1. The van der Waals surface area contributed by atoms with Crippen molar-refractivity contribution in [2.24, 2.45) is 5.73 Å². The zero-order valence-electron chi connectivity index (χ0n) is 9.49. The second kappa shape index (κ2) is 5.58. The normalized spacial score (nSPS) is 11.7. The summed E-state index contributed by atoms with van der Waals surface area (Å²) in [4.78, 5) is 11.9. The highest BCUT2D eigenvalue weighted by molar-refractivity contribution is 7.80. The Morgan fingerprint density at radius 1 is 1.59 bits per heavy atom. The number of amides is 1. The zero-order valence-corrected chi connectivity index (χ0v) is 10.3. The average Bonchev–Trinajstić information content (AvgIpc) is 2.29. The third-order valence-electron chi connectivity index (χ3n) is 2.19. The third kappa shape index (κ3) is 3.39. The van der Waals surface area contributed by atoms with E-state index in [1.54, 1.807) is 6.92 Å². The van der Waals surface area contributed by atoms with Crippen LogP contribution in [0.5, 0.6) is 5.75 Å². The summed E-state index contributed by atoms with van der Waals surface area (Å²) in [5.41, 5.74) is 5.66. The number of thiocarbonyl (C=S) groups is 1. The van der Waals surface area contributed by atoms with Crippen molar-refractivity contribution < 1.29 is 13.9 Å². The van der Waals surface area contributed by atoms with Crippen LogP contribution < -0.4 is 15.8 Å². The van der Waals surface area contributed by atoms with Gasteiger partial charge in [0, 0.05) is 5.56 Å². The first kappa shape index (κ1) is 13.4. The van der Waals surface area contributed by atoms with Crippen molar-refractivity contribution in [1.82, 2.24) is 5.32 Å². The molecule has 3 N–H and O–H groups in total. The lowest BCUT2D eigenvalue weighted by Crippen LogP contribution is -2.41. The standard InChI is InChI=1S/C11H13FN2O2S/c1-6(10(13)17)14-11(15)7-3-4-8(12)9(5-7)16-2/h3-6H,1-2H3,(H2,13,17)(H,14,15). The molecule has 0 spiro atoms. The molecule has 1 amide bonds. The highest BCUT2D eigenvalue weighted by atomic mass is 32.1. The fraction of sp³-hybridized carbons (Fsp3) is 0.273. The Kier molecular flexibility index (Phi) is 4.39. The zero-order chi connectivity index (χ0) is 13.0. The van der Waals surface area contributed by atoms with E-state index in [4.69, 9.17) is 22.7 Å². The maximum absolute atomic E-state index is 13.1. The van der Waals surface area contributed by atoms with Gasteiger partial charge < -0.3 is 15.8 Å². The van der Waals surface area contributed by atoms with Crippen molar-refractivity contribution in [1.29, 1.82) is 0 Å². The quantitative estimate of drug-likeness (QED) is 0.795. The number of nitrogens with one attached hydrogen (secondary N) is 1. The Balaban J connectivity index is 2.86. The lowest BCUT2D eigenvalue weighted by Gasteiger charge is -2.12. The Hall–Kier alpha value is -1.69. The van der Waals surface area contributed by atoms with Crippen LogP contribution in [0.2, 0.25) is 0 Å². The number of carbonyl (C=O) groups is 1. The fourth-order valence-electron chi connectivity index (χ4n) is 1.15. The van der Waals surface area contributed by atoms with Crippen LogP contribution in [0.4, 0.5) is 4.39 Å². The number of benzene rings is 1. The lowest BCUT2D eigenvalue weighted by atomic mass is 10.2. The van der Waals surface area contributed by atoms with E-state index in [2.05, 4.69) is 5.32 Å². The van der Waals surface area contributed by atoms with E-state index in [1.165, 1.54) is 25.3 Å². The largest absolute Gasteiger partial charge is 0.494 e. The van der Waals surface area contributed by atoms with Crippen LogP contribution in [0.1, 0.15) is 17.3 Å². The van der Waals surface area contributed by atoms with E-state index in [1.807, 2.05) is 0 Å². The minimum atomic E-state index is -0.522. The SMILES string of the molecule is COc1cc(C(=O)NC(C)C(N)=S)ccc1F. The predicted octanol–water partition coefficient (Wildman–Crippen LogP) is 1.24. The van der Waals surface area contributed by atoms with Gasteiger partial charge in [0.1, 0.15) is 0 Å². The van der Waals surface area contributed by atoms with Crippen molar-refractivity contribution in [3.63, 3.8) is 0 Å². The summed E-state index contributed by atoms with van der Waals surface area (Å²) in [6.45, 7) is 1.67. The van der Waals surface area contributed by atoms with Crippen molar-refractivity contribution in [2.75, 3.05) is 7.11 Å². The van der Waals surface area contributed by atoms with Gasteiger partial charge in [0.25, 0.3) is 5.91 Å². The second-order valence-corrected chi connectivity index (χ2v) is 3.92. The van der Waals surface area contributed by atoms with Crippen LogP contribution in [0.15, 0.2) is 18.2 Å². The van der Waals surface area contributed by atoms with Gasteiger partial charge in [-0.3, -0.25) is 4.79 Å². The van der Waals surface area contributed by atoms with Crippen LogP contribution >= 0.6 is 12.2 Å².